The van der Waals surface area contributed by atoms with Crippen LogP contribution in [-0.4, -0.2) is 24.4 Å². The van der Waals surface area contributed by atoms with Crippen LogP contribution in [0.15, 0.2) is 48.5 Å². The SMILES string of the molecule is O=C(NCC(NC(=O)C1CC1c1ccc(F)cc1)C1CC1)C1CC1c1ccc(F)cc1. The van der Waals surface area contributed by atoms with Crippen molar-refractivity contribution in [3.05, 3.63) is 71.3 Å². The predicted molar refractivity (Wildman–Crippen MR) is 112 cm³/mol. The third-order valence-electron chi connectivity index (χ3n) is 6.87. The Balaban J connectivity index is 1.11. The lowest BCUT2D eigenvalue weighted by molar-refractivity contribution is -0.125. The number of hydrogen-bond acceptors (Lipinski definition) is 2. The van der Waals surface area contributed by atoms with E-state index in [0.717, 1.165) is 36.8 Å². The van der Waals surface area contributed by atoms with Gasteiger partial charge >= 0.3 is 0 Å². The number of carbonyl (C=O) groups excluding carboxylic acids is 2. The van der Waals surface area contributed by atoms with Crippen LogP contribution in [0.4, 0.5) is 8.78 Å². The predicted octanol–water partition coefficient (Wildman–Crippen LogP) is 3.88. The molecule has 0 heterocycles. The molecule has 2 aromatic rings. The van der Waals surface area contributed by atoms with E-state index < -0.39 is 0 Å². The zero-order chi connectivity index (χ0) is 21.5. The molecule has 3 aliphatic carbocycles. The first kappa shape index (κ1) is 20.2. The van der Waals surface area contributed by atoms with Crippen molar-refractivity contribution in [3.8, 4) is 0 Å². The number of hydrogen-bond donors (Lipinski definition) is 2. The Morgan fingerprint density at radius 2 is 1.29 bits per heavy atom. The smallest absolute Gasteiger partial charge is 0.224 e. The lowest BCUT2D eigenvalue weighted by atomic mass is 10.1. The fraction of sp³-hybridized carbons (Fsp3) is 0.440. The first-order valence-electron chi connectivity index (χ1n) is 11.1. The average Bonchev–Trinajstić information content (AvgIpc) is 3.63. The van der Waals surface area contributed by atoms with Gasteiger partial charge in [0.25, 0.3) is 0 Å². The monoisotopic (exact) mass is 424 g/mol. The summed E-state index contributed by atoms with van der Waals surface area (Å²) >= 11 is 0. The van der Waals surface area contributed by atoms with Crippen molar-refractivity contribution in [3.63, 3.8) is 0 Å². The second-order valence-corrected chi connectivity index (χ2v) is 9.20. The van der Waals surface area contributed by atoms with E-state index in [-0.39, 0.29) is 53.2 Å². The summed E-state index contributed by atoms with van der Waals surface area (Å²) in [6, 6.07) is 12.7. The van der Waals surface area contributed by atoms with E-state index in [0.29, 0.717) is 12.5 Å². The van der Waals surface area contributed by atoms with Crippen LogP contribution in [0.3, 0.4) is 0 Å². The molecule has 5 rings (SSSR count). The van der Waals surface area contributed by atoms with Crippen LogP contribution in [0.2, 0.25) is 0 Å². The molecule has 2 amide bonds. The molecule has 0 spiro atoms. The molecule has 162 valence electrons. The molecule has 4 nitrogen and oxygen atoms in total. The highest BCUT2D eigenvalue weighted by Gasteiger charge is 2.46. The summed E-state index contributed by atoms with van der Waals surface area (Å²) < 4.78 is 26.2. The Bertz CT molecular complexity index is 972. The molecule has 5 atom stereocenters. The number of amides is 2. The maximum absolute atomic E-state index is 13.1. The van der Waals surface area contributed by atoms with E-state index in [1.807, 2.05) is 0 Å². The zero-order valence-corrected chi connectivity index (χ0v) is 17.2. The maximum Gasteiger partial charge on any atom is 0.224 e. The molecule has 2 N–H and O–H groups in total. The van der Waals surface area contributed by atoms with Crippen LogP contribution in [0.1, 0.15) is 48.6 Å². The molecule has 0 bridgehead atoms. The van der Waals surface area contributed by atoms with E-state index in [9.17, 15) is 18.4 Å². The van der Waals surface area contributed by atoms with E-state index >= 15 is 0 Å². The average molecular weight is 424 g/mol. The second-order valence-electron chi connectivity index (χ2n) is 9.20. The molecular weight excluding hydrogens is 398 g/mol. The molecule has 6 heteroatoms. The number of benzene rings is 2. The molecule has 3 saturated carbocycles. The van der Waals surface area contributed by atoms with Gasteiger partial charge in [0.1, 0.15) is 11.6 Å². The summed E-state index contributed by atoms with van der Waals surface area (Å²) in [6.45, 7) is 0.440. The molecule has 5 unspecified atom stereocenters. The van der Waals surface area contributed by atoms with Crippen molar-refractivity contribution in [2.24, 2.45) is 17.8 Å². The van der Waals surface area contributed by atoms with Gasteiger partial charge < -0.3 is 10.6 Å². The van der Waals surface area contributed by atoms with Crippen LogP contribution >= 0.6 is 0 Å². The molecule has 3 fully saturated rings. The lowest BCUT2D eigenvalue weighted by Gasteiger charge is -2.19. The largest absolute Gasteiger partial charge is 0.354 e. The first-order valence-corrected chi connectivity index (χ1v) is 11.1. The minimum Gasteiger partial charge on any atom is -0.354 e. The fourth-order valence-corrected chi connectivity index (χ4v) is 4.59. The third-order valence-corrected chi connectivity index (χ3v) is 6.87. The van der Waals surface area contributed by atoms with E-state index in [2.05, 4.69) is 10.6 Å². The summed E-state index contributed by atoms with van der Waals surface area (Å²) in [5.74, 6) is 0.0507. The van der Waals surface area contributed by atoms with Crippen molar-refractivity contribution in [1.29, 1.82) is 0 Å². The van der Waals surface area contributed by atoms with Crippen LogP contribution in [0.25, 0.3) is 0 Å². The number of carbonyl (C=O) groups is 2. The van der Waals surface area contributed by atoms with Gasteiger partial charge in [-0.25, -0.2) is 8.78 Å². The van der Waals surface area contributed by atoms with Gasteiger partial charge in [0.2, 0.25) is 11.8 Å². The molecule has 0 radical (unpaired) electrons. The molecule has 0 aliphatic heterocycles. The lowest BCUT2D eigenvalue weighted by Crippen LogP contribution is -2.46. The second kappa shape index (κ2) is 8.06. The van der Waals surface area contributed by atoms with Crippen molar-refractivity contribution in [1.82, 2.24) is 10.6 Å². The fourth-order valence-electron chi connectivity index (χ4n) is 4.59. The number of nitrogens with one attached hydrogen (secondary N) is 2. The highest BCUT2D eigenvalue weighted by Crippen LogP contribution is 2.48. The quantitative estimate of drug-likeness (QED) is 0.676. The van der Waals surface area contributed by atoms with Gasteiger partial charge in [0.05, 0.1) is 0 Å². The normalized spacial score (nSPS) is 27.3. The summed E-state index contributed by atoms with van der Waals surface area (Å²) in [6.07, 6.45) is 3.69. The molecule has 0 aromatic heterocycles. The van der Waals surface area contributed by atoms with Crippen LogP contribution in [0.5, 0.6) is 0 Å². The summed E-state index contributed by atoms with van der Waals surface area (Å²) in [5.41, 5.74) is 1.99. The van der Waals surface area contributed by atoms with Crippen molar-refractivity contribution >= 4 is 11.8 Å². The first-order chi connectivity index (χ1) is 15.0. The Labute approximate surface area is 180 Å². The highest BCUT2D eigenvalue weighted by molar-refractivity contribution is 5.84. The maximum atomic E-state index is 13.1. The van der Waals surface area contributed by atoms with E-state index in [1.54, 1.807) is 24.3 Å². The van der Waals surface area contributed by atoms with Gasteiger partial charge in [-0.05, 0) is 78.8 Å². The van der Waals surface area contributed by atoms with Crippen molar-refractivity contribution in [2.75, 3.05) is 6.54 Å². The van der Waals surface area contributed by atoms with Gasteiger partial charge in [-0.1, -0.05) is 24.3 Å². The number of rotatable bonds is 8. The van der Waals surface area contributed by atoms with Gasteiger partial charge in [0.15, 0.2) is 0 Å². The Kier molecular flexibility index (Phi) is 5.24. The molecule has 31 heavy (non-hydrogen) atoms. The molecule has 2 aromatic carbocycles. The standard InChI is InChI=1S/C25H26F2N2O2/c26-17-7-3-14(4-8-17)19-11-21(19)24(30)28-13-23(16-1-2-16)29-25(31)22-12-20(22)15-5-9-18(27)10-6-15/h3-10,16,19-23H,1-2,11-13H2,(H,28,30)(H,29,31). The summed E-state index contributed by atoms with van der Waals surface area (Å²) in [4.78, 5) is 25.3. The summed E-state index contributed by atoms with van der Waals surface area (Å²) in [7, 11) is 0. The highest BCUT2D eigenvalue weighted by atomic mass is 19.1. The Hall–Kier alpha value is -2.76. The summed E-state index contributed by atoms with van der Waals surface area (Å²) in [5, 5.41) is 6.17. The van der Waals surface area contributed by atoms with Gasteiger partial charge in [-0.15, -0.1) is 0 Å². The third kappa shape index (κ3) is 4.63. The molecular formula is C25H26F2N2O2. The number of halogens is 2. The molecule has 0 saturated heterocycles. The Morgan fingerprint density at radius 1 is 0.806 bits per heavy atom. The van der Waals surface area contributed by atoms with Gasteiger partial charge in [-0.3, -0.25) is 9.59 Å². The van der Waals surface area contributed by atoms with E-state index in [4.69, 9.17) is 0 Å². The van der Waals surface area contributed by atoms with Crippen molar-refractivity contribution < 1.29 is 18.4 Å². The topological polar surface area (TPSA) is 58.2 Å². The van der Waals surface area contributed by atoms with Crippen LogP contribution in [0, 0.1) is 29.4 Å². The van der Waals surface area contributed by atoms with Crippen molar-refractivity contribution in [2.45, 2.75) is 43.6 Å². The zero-order valence-electron chi connectivity index (χ0n) is 17.2. The van der Waals surface area contributed by atoms with Gasteiger partial charge in [0, 0.05) is 24.4 Å². The van der Waals surface area contributed by atoms with Crippen LogP contribution in [-0.2, 0) is 9.59 Å². The van der Waals surface area contributed by atoms with Gasteiger partial charge in [-0.2, -0.15) is 0 Å². The molecule has 3 aliphatic rings. The minimum atomic E-state index is -0.272. The van der Waals surface area contributed by atoms with E-state index in [1.165, 1.54) is 24.3 Å². The Morgan fingerprint density at radius 3 is 1.77 bits per heavy atom. The van der Waals surface area contributed by atoms with Crippen LogP contribution < -0.4 is 10.6 Å². The minimum absolute atomic E-state index is 0.00448.